The van der Waals surface area contributed by atoms with Crippen LogP contribution >= 0.6 is 24.0 Å². The number of carbonyl (C=O) groups is 1. The van der Waals surface area contributed by atoms with E-state index in [-0.39, 0.29) is 36.4 Å². The van der Waals surface area contributed by atoms with Gasteiger partial charge in [0.2, 0.25) is 5.91 Å². The van der Waals surface area contributed by atoms with Crippen molar-refractivity contribution >= 4 is 41.5 Å². The summed E-state index contributed by atoms with van der Waals surface area (Å²) in [4.78, 5) is 20.9. The zero-order valence-electron chi connectivity index (χ0n) is 14.8. The molecule has 0 aromatic heterocycles. The Labute approximate surface area is 166 Å². The van der Waals surface area contributed by atoms with Gasteiger partial charge < -0.3 is 16.0 Å². The zero-order valence-corrected chi connectivity index (χ0v) is 17.1. The largest absolute Gasteiger partial charge is 0.370 e. The van der Waals surface area contributed by atoms with Crippen molar-refractivity contribution in [3.63, 3.8) is 0 Å². The van der Waals surface area contributed by atoms with Crippen LogP contribution in [-0.4, -0.2) is 55.5 Å². The topological polar surface area (TPSA) is 74.0 Å². The van der Waals surface area contributed by atoms with Crippen molar-refractivity contribution in [2.45, 2.75) is 32.2 Å². The molecule has 1 aromatic rings. The Balaban J connectivity index is 0.00000225. The highest BCUT2D eigenvalue weighted by molar-refractivity contribution is 14.0. The van der Waals surface area contributed by atoms with Crippen LogP contribution in [0.5, 0.6) is 0 Å². The Morgan fingerprint density at radius 1 is 1.36 bits per heavy atom. The third kappa shape index (κ3) is 4.84. The van der Waals surface area contributed by atoms with Crippen molar-refractivity contribution in [1.29, 1.82) is 0 Å². The van der Waals surface area contributed by atoms with Crippen LogP contribution in [0.15, 0.2) is 29.3 Å². The van der Waals surface area contributed by atoms with Crippen molar-refractivity contribution < 1.29 is 4.79 Å². The molecule has 2 aliphatic heterocycles. The summed E-state index contributed by atoms with van der Waals surface area (Å²) in [5, 5.41) is 3.17. The number of rotatable bonds is 5. The summed E-state index contributed by atoms with van der Waals surface area (Å²) in [5.74, 6) is 0.361. The van der Waals surface area contributed by atoms with E-state index in [4.69, 9.17) is 5.73 Å². The lowest BCUT2D eigenvalue weighted by Gasteiger charge is -2.23. The van der Waals surface area contributed by atoms with Crippen LogP contribution in [0.25, 0.3) is 0 Å². The van der Waals surface area contributed by atoms with E-state index in [1.54, 1.807) is 0 Å². The van der Waals surface area contributed by atoms with Crippen LogP contribution in [0.2, 0.25) is 0 Å². The molecule has 1 aromatic carbocycles. The number of nitrogens with one attached hydrogen (secondary N) is 1. The maximum Gasteiger partial charge on any atom is 0.248 e. The van der Waals surface area contributed by atoms with Gasteiger partial charge in [-0.25, -0.2) is 4.99 Å². The van der Waals surface area contributed by atoms with E-state index in [1.165, 1.54) is 18.4 Å². The van der Waals surface area contributed by atoms with Gasteiger partial charge in [0.15, 0.2) is 5.96 Å². The lowest BCUT2D eigenvalue weighted by atomic mass is 10.2. The molecular formula is C18H28IN5O. The van der Waals surface area contributed by atoms with Gasteiger partial charge in [-0.15, -0.1) is 24.0 Å². The van der Waals surface area contributed by atoms with Crippen molar-refractivity contribution in [1.82, 2.24) is 10.2 Å². The Bertz CT molecular complexity index is 621. The van der Waals surface area contributed by atoms with Gasteiger partial charge in [-0.3, -0.25) is 9.69 Å². The summed E-state index contributed by atoms with van der Waals surface area (Å²) in [6.45, 7) is 6.03. The number of hydrogen-bond acceptors (Lipinski definition) is 3. The van der Waals surface area contributed by atoms with Crippen molar-refractivity contribution in [2.24, 2.45) is 10.7 Å². The van der Waals surface area contributed by atoms with Gasteiger partial charge in [0, 0.05) is 24.8 Å². The monoisotopic (exact) mass is 457 g/mol. The summed E-state index contributed by atoms with van der Waals surface area (Å²) in [6, 6.07) is 8.55. The van der Waals surface area contributed by atoms with E-state index in [2.05, 4.69) is 28.2 Å². The third-order valence-corrected chi connectivity index (χ3v) is 5.00. The molecule has 0 saturated carbocycles. The van der Waals surface area contributed by atoms with Gasteiger partial charge in [-0.1, -0.05) is 25.1 Å². The maximum absolute atomic E-state index is 12.4. The first kappa shape index (κ1) is 20.0. The first-order valence-electron chi connectivity index (χ1n) is 8.85. The number of anilines is 1. The number of fused-ring (bicyclic) bond motifs is 1. The highest BCUT2D eigenvalue weighted by Gasteiger charge is 2.24. The number of halogens is 1. The fourth-order valence-electron chi connectivity index (χ4n) is 3.66. The van der Waals surface area contributed by atoms with Gasteiger partial charge in [0.25, 0.3) is 0 Å². The molecule has 25 heavy (non-hydrogen) atoms. The molecule has 3 rings (SSSR count). The van der Waals surface area contributed by atoms with E-state index in [0.717, 1.165) is 38.3 Å². The standard InChI is InChI=1S/C18H27N5O.HI/c1-2-22-10-5-7-15(22)12-20-18(19)21-13-17(24)23-11-9-14-6-3-4-8-16(14)23;/h3-4,6,8,15H,2,5,7,9-13H2,1H3,(H3,19,20,21);1H. The highest BCUT2D eigenvalue weighted by Crippen LogP contribution is 2.27. The van der Waals surface area contributed by atoms with Crippen LogP contribution in [0.1, 0.15) is 25.3 Å². The number of likely N-dealkylation sites (N-methyl/N-ethyl adjacent to an activating group) is 1. The summed E-state index contributed by atoms with van der Waals surface area (Å²) < 4.78 is 0. The molecule has 0 bridgehead atoms. The summed E-state index contributed by atoms with van der Waals surface area (Å²) >= 11 is 0. The number of aliphatic imine (C=N–C) groups is 1. The number of nitrogens with two attached hydrogens (primary N) is 1. The average molecular weight is 457 g/mol. The molecule has 1 fully saturated rings. The minimum absolute atomic E-state index is 0. The van der Waals surface area contributed by atoms with E-state index >= 15 is 0 Å². The molecule has 7 heteroatoms. The minimum Gasteiger partial charge on any atom is -0.370 e. The Hall–Kier alpha value is -1.35. The number of hydrogen-bond donors (Lipinski definition) is 2. The Morgan fingerprint density at radius 3 is 2.96 bits per heavy atom. The lowest BCUT2D eigenvalue weighted by molar-refractivity contribution is -0.117. The van der Waals surface area contributed by atoms with Crippen LogP contribution < -0.4 is 16.0 Å². The molecule has 0 radical (unpaired) electrons. The lowest BCUT2D eigenvalue weighted by Crippen LogP contribution is -2.43. The fraction of sp³-hybridized carbons (Fsp3) is 0.556. The van der Waals surface area contributed by atoms with Crippen LogP contribution in [0, 0.1) is 0 Å². The normalized spacial score (nSPS) is 20.3. The molecule has 1 saturated heterocycles. The molecule has 0 aliphatic carbocycles. The second-order valence-corrected chi connectivity index (χ2v) is 6.43. The number of guanidine groups is 1. The van der Waals surface area contributed by atoms with Gasteiger partial charge >= 0.3 is 0 Å². The first-order chi connectivity index (χ1) is 11.7. The number of nitrogens with zero attached hydrogens (tertiary/aromatic N) is 3. The molecule has 6 nitrogen and oxygen atoms in total. The predicted octanol–water partition coefficient (Wildman–Crippen LogP) is 1.58. The van der Waals surface area contributed by atoms with E-state index in [1.807, 2.05) is 23.1 Å². The Morgan fingerprint density at radius 2 is 2.16 bits per heavy atom. The van der Waals surface area contributed by atoms with Crippen molar-refractivity contribution in [2.75, 3.05) is 37.6 Å². The molecule has 1 atom stereocenters. The maximum atomic E-state index is 12.4. The van der Waals surface area contributed by atoms with E-state index in [0.29, 0.717) is 12.0 Å². The minimum atomic E-state index is 0. The number of carbonyl (C=O) groups excluding carboxylic acids is 1. The number of benzene rings is 1. The average Bonchev–Trinajstić information content (AvgIpc) is 3.24. The van der Waals surface area contributed by atoms with Gasteiger partial charge in [0.1, 0.15) is 6.54 Å². The first-order valence-corrected chi connectivity index (χ1v) is 8.85. The second-order valence-electron chi connectivity index (χ2n) is 6.43. The predicted molar refractivity (Wildman–Crippen MR) is 113 cm³/mol. The molecule has 138 valence electrons. The molecule has 2 heterocycles. The number of likely N-dealkylation sites (tertiary alicyclic amines) is 1. The summed E-state index contributed by atoms with van der Waals surface area (Å²) in [6.07, 6.45) is 3.34. The SMILES string of the molecule is CCN1CCCC1CNC(N)=NCC(=O)N1CCc2ccccc21.I. The van der Waals surface area contributed by atoms with E-state index < -0.39 is 0 Å². The van der Waals surface area contributed by atoms with Crippen LogP contribution in [-0.2, 0) is 11.2 Å². The third-order valence-electron chi connectivity index (χ3n) is 5.00. The number of amides is 1. The van der Waals surface area contributed by atoms with Crippen molar-refractivity contribution in [3.05, 3.63) is 29.8 Å². The van der Waals surface area contributed by atoms with Gasteiger partial charge in [-0.05, 0) is 44.0 Å². The highest BCUT2D eigenvalue weighted by atomic mass is 127. The quantitative estimate of drug-likeness (QED) is 0.400. The van der Waals surface area contributed by atoms with Gasteiger partial charge in [-0.2, -0.15) is 0 Å². The number of para-hydroxylation sites is 1. The van der Waals surface area contributed by atoms with Crippen LogP contribution in [0.3, 0.4) is 0 Å². The summed E-state index contributed by atoms with van der Waals surface area (Å²) in [7, 11) is 0. The smallest absolute Gasteiger partial charge is 0.248 e. The molecule has 2 aliphatic rings. The fourth-order valence-corrected chi connectivity index (χ4v) is 3.66. The molecule has 1 amide bonds. The second kappa shape index (κ2) is 9.38. The molecule has 3 N–H and O–H groups in total. The summed E-state index contributed by atoms with van der Waals surface area (Å²) in [5.41, 5.74) is 8.16. The zero-order chi connectivity index (χ0) is 16.9. The van der Waals surface area contributed by atoms with Gasteiger partial charge in [0.05, 0.1) is 0 Å². The van der Waals surface area contributed by atoms with E-state index in [9.17, 15) is 4.79 Å². The molecular weight excluding hydrogens is 429 g/mol. The van der Waals surface area contributed by atoms with Crippen molar-refractivity contribution in [3.8, 4) is 0 Å². The molecule has 0 spiro atoms. The molecule has 1 unspecified atom stereocenters. The Kier molecular flexibility index (Phi) is 7.49. The van der Waals surface area contributed by atoms with Crippen LogP contribution in [0.4, 0.5) is 5.69 Å².